The van der Waals surface area contributed by atoms with Crippen molar-refractivity contribution in [2.24, 2.45) is 7.05 Å². The molecule has 1 aliphatic rings. The van der Waals surface area contributed by atoms with E-state index in [1.807, 2.05) is 42.2 Å². The van der Waals surface area contributed by atoms with Gasteiger partial charge in [-0.25, -0.2) is 4.98 Å². The van der Waals surface area contributed by atoms with Gasteiger partial charge in [-0.2, -0.15) is 5.10 Å². The highest BCUT2D eigenvalue weighted by Gasteiger charge is 2.22. The van der Waals surface area contributed by atoms with E-state index in [0.29, 0.717) is 0 Å². The normalized spacial score (nSPS) is 14.2. The summed E-state index contributed by atoms with van der Waals surface area (Å²) in [6.07, 6.45) is 5.44. The molecule has 3 aromatic rings. The van der Waals surface area contributed by atoms with Crippen LogP contribution in [-0.4, -0.2) is 56.7 Å². The van der Waals surface area contributed by atoms with Crippen molar-refractivity contribution in [3.63, 3.8) is 0 Å². The number of carbonyl (C=O) groups is 1. The highest BCUT2D eigenvalue weighted by molar-refractivity contribution is 5.89. The minimum atomic E-state index is -0.0812. The van der Waals surface area contributed by atoms with Crippen LogP contribution in [0.1, 0.15) is 18.2 Å². The van der Waals surface area contributed by atoms with Gasteiger partial charge in [0, 0.05) is 81.6 Å². The van der Waals surface area contributed by atoms with Crippen molar-refractivity contribution in [3.05, 3.63) is 54.1 Å². The lowest BCUT2D eigenvalue weighted by molar-refractivity contribution is -0.114. The van der Waals surface area contributed by atoms with Crippen LogP contribution in [0.4, 0.5) is 11.5 Å². The molecule has 1 fully saturated rings. The molecule has 1 aliphatic heterocycles. The van der Waals surface area contributed by atoms with Gasteiger partial charge in [0.1, 0.15) is 5.69 Å². The first-order valence-corrected chi connectivity index (χ1v) is 10.1. The van der Waals surface area contributed by atoms with E-state index in [2.05, 4.69) is 37.1 Å². The Morgan fingerprint density at radius 1 is 1.06 bits per heavy atom. The van der Waals surface area contributed by atoms with Crippen molar-refractivity contribution < 1.29 is 4.79 Å². The summed E-state index contributed by atoms with van der Waals surface area (Å²) in [7, 11) is 1.98. The maximum Gasteiger partial charge on any atom is 0.221 e. The van der Waals surface area contributed by atoms with Crippen LogP contribution in [0.2, 0.25) is 0 Å². The van der Waals surface area contributed by atoms with Gasteiger partial charge in [-0.3, -0.25) is 19.4 Å². The third kappa shape index (κ3) is 5.21. The smallest absolute Gasteiger partial charge is 0.221 e. The van der Waals surface area contributed by atoms with Gasteiger partial charge in [-0.1, -0.05) is 12.1 Å². The van der Waals surface area contributed by atoms with Gasteiger partial charge >= 0.3 is 0 Å². The predicted octanol–water partition coefficient (Wildman–Crippen LogP) is 2.89. The lowest BCUT2D eigenvalue weighted by Crippen LogP contribution is -2.46. The van der Waals surface area contributed by atoms with E-state index in [4.69, 9.17) is 0 Å². The molecule has 2 aromatic heterocycles. The number of piperazine rings is 1. The zero-order valence-corrected chi connectivity index (χ0v) is 18.9. The molecular weight excluding hydrogens is 414 g/mol. The molecule has 3 heterocycles. The van der Waals surface area contributed by atoms with Gasteiger partial charge < -0.3 is 10.2 Å². The van der Waals surface area contributed by atoms with Crippen LogP contribution >= 0.6 is 12.4 Å². The van der Waals surface area contributed by atoms with Crippen molar-refractivity contribution >= 4 is 29.8 Å². The fourth-order valence-corrected chi connectivity index (χ4v) is 3.74. The third-order valence-corrected chi connectivity index (χ3v) is 5.56. The number of nitrogens with zero attached hydrogens (tertiary/aromatic N) is 6. The standard InChI is InChI=1S/C22H27N7O.ClH/c1-16-19(14-25-27(16)3)15-28-10-12-29(13-11-28)22-21(23-8-9-24-22)18-4-6-20(7-5-18)26-17(2)30;/h4-9,14H,10-13,15H2,1-3H3,(H,26,30);1H. The van der Waals surface area contributed by atoms with Gasteiger partial charge in [-0.05, 0) is 19.1 Å². The summed E-state index contributed by atoms with van der Waals surface area (Å²) in [5.74, 6) is 0.823. The van der Waals surface area contributed by atoms with E-state index >= 15 is 0 Å². The summed E-state index contributed by atoms with van der Waals surface area (Å²) in [5.41, 5.74) is 5.13. The highest BCUT2D eigenvalue weighted by atomic mass is 35.5. The molecule has 1 saturated heterocycles. The summed E-state index contributed by atoms with van der Waals surface area (Å²) in [5, 5.41) is 7.14. The van der Waals surface area contributed by atoms with Gasteiger partial charge in [0.05, 0.1) is 6.20 Å². The molecule has 0 unspecified atom stereocenters. The number of anilines is 2. The first kappa shape index (κ1) is 22.7. The van der Waals surface area contributed by atoms with Gasteiger partial charge in [-0.15, -0.1) is 12.4 Å². The minimum Gasteiger partial charge on any atom is -0.352 e. The highest BCUT2D eigenvalue weighted by Crippen LogP contribution is 2.28. The van der Waals surface area contributed by atoms with Crippen molar-refractivity contribution in [1.82, 2.24) is 24.6 Å². The van der Waals surface area contributed by atoms with Crippen molar-refractivity contribution in [1.29, 1.82) is 0 Å². The van der Waals surface area contributed by atoms with E-state index in [1.54, 1.807) is 12.4 Å². The van der Waals surface area contributed by atoms with E-state index in [0.717, 1.165) is 55.5 Å². The van der Waals surface area contributed by atoms with Crippen LogP contribution in [-0.2, 0) is 18.4 Å². The van der Waals surface area contributed by atoms with Gasteiger partial charge in [0.25, 0.3) is 0 Å². The predicted molar refractivity (Wildman–Crippen MR) is 124 cm³/mol. The van der Waals surface area contributed by atoms with Crippen molar-refractivity contribution in [2.75, 3.05) is 36.4 Å². The van der Waals surface area contributed by atoms with Crippen LogP contribution in [0.3, 0.4) is 0 Å². The summed E-state index contributed by atoms with van der Waals surface area (Å²) in [6, 6.07) is 7.73. The number of amides is 1. The Bertz CT molecular complexity index is 1030. The van der Waals surface area contributed by atoms with Gasteiger partial charge in [0.2, 0.25) is 5.91 Å². The number of halogens is 1. The SMILES string of the molecule is CC(=O)Nc1ccc(-c2nccnc2N2CCN(Cc3cnn(C)c3C)CC2)cc1.Cl. The van der Waals surface area contributed by atoms with E-state index in [-0.39, 0.29) is 18.3 Å². The number of benzene rings is 1. The molecule has 0 atom stereocenters. The Kier molecular flexibility index (Phi) is 7.25. The first-order chi connectivity index (χ1) is 14.5. The van der Waals surface area contributed by atoms with Gasteiger partial charge in [0.15, 0.2) is 5.82 Å². The Morgan fingerprint density at radius 3 is 2.35 bits per heavy atom. The lowest BCUT2D eigenvalue weighted by Gasteiger charge is -2.35. The zero-order chi connectivity index (χ0) is 21.1. The van der Waals surface area contributed by atoms with Crippen LogP contribution in [0.5, 0.6) is 0 Å². The molecule has 8 nitrogen and oxygen atoms in total. The molecule has 164 valence electrons. The van der Waals surface area contributed by atoms with E-state index in [9.17, 15) is 4.79 Å². The maximum absolute atomic E-state index is 11.2. The molecule has 0 saturated carbocycles. The van der Waals surface area contributed by atoms with E-state index in [1.165, 1.54) is 18.2 Å². The molecule has 0 radical (unpaired) electrons. The molecule has 4 rings (SSSR count). The van der Waals surface area contributed by atoms with Crippen LogP contribution in [0, 0.1) is 6.92 Å². The van der Waals surface area contributed by atoms with Crippen LogP contribution < -0.4 is 10.2 Å². The Hall–Kier alpha value is -2.97. The third-order valence-electron chi connectivity index (χ3n) is 5.56. The molecule has 31 heavy (non-hydrogen) atoms. The second-order valence-electron chi connectivity index (χ2n) is 7.63. The number of nitrogens with one attached hydrogen (secondary N) is 1. The molecule has 1 N–H and O–H groups in total. The number of rotatable bonds is 5. The number of hydrogen-bond acceptors (Lipinski definition) is 6. The summed E-state index contributed by atoms with van der Waals surface area (Å²) in [4.78, 5) is 25.2. The second kappa shape index (κ2) is 9.89. The molecular formula is C22H28ClN7O. The number of aromatic nitrogens is 4. The monoisotopic (exact) mass is 441 g/mol. The zero-order valence-electron chi connectivity index (χ0n) is 18.1. The fourth-order valence-electron chi connectivity index (χ4n) is 3.74. The number of hydrogen-bond donors (Lipinski definition) is 1. The number of aryl methyl sites for hydroxylation is 1. The summed E-state index contributed by atoms with van der Waals surface area (Å²) in [6.45, 7) is 8.26. The molecule has 0 bridgehead atoms. The lowest BCUT2D eigenvalue weighted by atomic mass is 10.1. The van der Waals surface area contributed by atoms with Crippen molar-refractivity contribution in [3.8, 4) is 11.3 Å². The number of carbonyl (C=O) groups excluding carboxylic acids is 1. The summed E-state index contributed by atoms with van der Waals surface area (Å²) < 4.78 is 1.93. The van der Waals surface area contributed by atoms with E-state index < -0.39 is 0 Å². The minimum absolute atomic E-state index is 0. The Labute approximate surface area is 188 Å². The average Bonchev–Trinajstić information content (AvgIpc) is 3.07. The quantitative estimate of drug-likeness (QED) is 0.655. The molecule has 0 aliphatic carbocycles. The van der Waals surface area contributed by atoms with Crippen LogP contribution in [0.25, 0.3) is 11.3 Å². The molecule has 9 heteroatoms. The van der Waals surface area contributed by atoms with Crippen LogP contribution in [0.15, 0.2) is 42.9 Å². The Balaban J connectivity index is 0.00000272. The summed E-state index contributed by atoms with van der Waals surface area (Å²) >= 11 is 0. The topological polar surface area (TPSA) is 79.2 Å². The molecule has 1 amide bonds. The largest absolute Gasteiger partial charge is 0.352 e. The average molecular weight is 442 g/mol. The van der Waals surface area contributed by atoms with Crippen molar-refractivity contribution in [2.45, 2.75) is 20.4 Å². The fraction of sp³-hybridized carbons (Fsp3) is 0.364. The maximum atomic E-state index is 11.2. The molecule has 1 aromatic carbocycles. The first-order valence-electron chi connectivity index (χ1n) is 10.1. The second-order valence-corrected chi connectivity index (χ2v) is 7.63. The Morgan fingerprint density at radius 2 is 1.74 bits per heavy atom. The molecule has 0 spiro atoms.